The van der Waals surface area contributed by atoms with Gasteiger partial charge in [-0.15, -0.1) is 0 Å². The van der Waals surface area contributed by atoms with E-state index in [9.17, 15) is 9.18 Å². The van der Waals surface area contributed by atoms with E-state index in [-0.39, 0.29) is 11.6 Å². The van der Waals surface area contributed by atoms with Gasteiger partial charge in [0.15, 0.2) is 5.78 Å². The summed E-state index contributed by atoms with van der Waals surface area (Å²) >= 11 is 0. The number of carbonyl (C=O) groups excluding carboxylic acids is 1. The Hall–Kier alpha value is -2.24. The van der Waals surface area contributed by atoms with Gasteiger partial charge in [0.05, 0.1) is 0 Å². The van der Waals surface area contributed by atoms with Gasteiger partial charge in [0.2, 0.25) is 0 Å². The molecule has 0 amide bonds. The summed E-state index contributed by atoms with van der Waals surface area (Å²) in [6.45, 7) is 4.84. The van der Waals surface area contributed by atoms with Crippen molar-refractivity contribution in [2.75, 3.05) is 26.2 Å². The van der Waals surface area contributed by atoms with E-state index in [0.717, 1.165) is 48.5 Å². The lowest BCUT2D eigenvalue weighted by Gasteiger charge is -2.22. The molecule has 4 nitrogen and oxygen atoms in total. The Morgan fingerprint density at radius 2 is 2.03 bits per heavy atom. The predicted octanol–water partition coefficient (Wildman–Crippen LogP) is 4.18. The normalized spacial score (nSPS) is 18.0. The molecule has 1 fully saturated rings. The third-order valence-electron chi connectivity index (χ3n) is 5.98. The highest BCUT2D eigenvalue weighted by Gasteiger charge is 2.19. The summed E-state index contributed by atoms with van der Waals surface area (Å²) < 4.78 is 19.4. The third kappa shape index (κ3) is 5.43. The van der Waals surface area contributed by atoms with E-state index in [4.69, 9.17) is 4.74 Å². The number of ether oxygens (including phenoxy) is 1. The van der Waals surface area contributed by atoms with Gasteiger partial charge in [-0.05, 0) is 74.2 Å². The fraction of sp³-hybridized carbons (Fsp3) is 0.458. The number of carbonyl (C=O) groups is 1. The zero-order chi connectivity index (χ0) is 20.1. The quantitative estimate of drug-likeness (QED) is 0.744. The number of nitrogens with zero attached hydrogens (tertiary/aromatic N) is 1. The van der Waals surface area contributed by atoms with Crippen molar-refractivity contribution in [1.29, 1.82) is 0 Å². The minimum Gasteiger partial charge on any atom is -0.492 e. The molecule has 0 bridgehead atoms. The van der Waals surface area contributed by atoms with Crippen LogP contribution in [0.3, 0.4) is 0 Å². The molecule has 2 aromatic carbocycles. The number of halogens is 1. The van der Waals surface area contributed by atoms with E-state index in [0.29, 0.717) is 32.0 Å². The maximum absolute atomic E-state index is 13.5. The highest BCUT2D eigenvalue weighted by atomic mass is 19.1. The van der Waals surface area contributed by atoms with E-state index in [1.165, 1.54) is 18.9 Å². The van der Waals surface area contributed by atoms with Crippen molar-refractivity contribution in [3.63, 3.8) is 0 Å². The molecule has 0 radical (unpaired) electrons. The van der Waals surface area contributed by atoms with Gasteiger partial charge in [-0.1, -0.05) is 12.1 Å². The molecule has 0 saturated carbocycles. The molecule has 154 valence electrons. The summed E-state index contributed by atoms with van der Waals surface area (Å²) in [5, 5.41) is 3.37. The van der Waals surface area contributed by atoms with Crippen molar-refractivity contribution in [1.82, 2.24) is 10.2 Å². The van der Waals surface area contributed by atoms with Gasteiger partial charge in [-0.3, -0.25) is 9.69 Å². The monoisotopic (exact) mass is 396 g/mol. The van der Waals surface area contributed by atoms with E-state index >= 15 is 0 Å². The molecule has 2 aliphatic heterocycles. The summed E-state index contributed by atoms with van der Waals surface area (Å²) in [6.07, 6.45) is 3.91. The SMILES string of the molecule is O=C(CCC1CCNCC1)c1ccc2c(c1)CN(Cc1cccc(F)c1)CCO2. The second-order valence-electron chi connectivity index (χ2n) is 8.17. The lowest BCUT2D eigenvalue weighted by molar-refractivity contribution is 0.0970. The minimum atomic E-state index is -0.212. The van der Waals surface area contributed by atoms with Gasteiger partial charge in [0.1, 0.15) is 18.2 Å². The number of hydrogen-bond donors (Lipinski definition) is 1. The summed E-state index contributed by atoms with van der Waals surface area (Å²) in [6, 6.07) is 12.5. The van der Waals surface area contributed by atoms with Gasteiger partial charge in [-0.25, -0.2) is 4.39 Å². The van der Waals surface area contributed by atoms with Crippen LogP contribution in [-0.4, -0.2) is 36.9 Å². The zero-order valence-corrected chi connectivity index (χ0v) is 16.8. The summed E-state index contributed by atoms with van der Waals surface area (Å²) in [7, 11) is 0. The Morgan fingerprint density at radius 1 is 1.17 bits per heavy atom. The summed E-state index contributed by atoms with van der Waals surface area (Å²) in [5.74, 6) is 1.51. The smallest absolute Gasteiger partial charge is 0.162 e. The highest BCUT2D eigenvalue weighted by Crippen LogP contribution is 2.27. The second-order valence-corrected chi connectivity index (χ2v) is 8.17. The Kier molecular flexibility index (Phi) is 6.57. The standard InChI is InChI=1S/C24H29FN2O2/c25-22-3-1-2-19(14-22)16-27-12-13-29-24-7-5-20(15-21(24)17-27)23(28)6-4-18-8-10-26-11-9-18/h1-3,5,7,14-15,18,26H,4,6,8-13,16-17H2. The molecule has 0 aromatic heterocycles. The van der Waals surface area contributed by atoms with Crippen LogP contribution in [0.4, 0.5) is 4.39 Å². The van der Waals surface area contributed by atoms with Gasteiger partial charge in [-0.2, -0.15) is 0 Å². The van der Waals surface area contributed by atoms with Crippen LogP contribution in [0.2, 0.25) is 0 Å². The number of ketones is 1. The van der Waals surface area contributed by atoms with Crippen molar-refractivity contribution in [3.05, 3.63) is 65.0 Å². The van der Waals surface area contributed by atoms with Crippen LogP contribution >= 0.6 is 0 Å². The van der Waals surface area contributed by atoms with Crippen molar-refractivity contribution >= 4 is 5.78 Å². The van der Waals surface area contributed by atoms with Gasteiger partial charge in [0, 0.05) is 37.2 Å². The first-order valence-corrected chi connectivity index (χ1v) is 10.6. The lowest BCUT2D eigenvalue weighted by Crippen LogP contribution is -2.28. The molecule has 4 rings (SSSR count). The largest absolute Gasteiger partial charge is 0.492 e. The molecular weight excluding hydrogens is 367 g/mol. The van der Waals surface area contributed by atoms with Crippen LogP contribution < -0.4 is 10.1 Å². The first-order chi connectivity index (χ1) is 14.2. The zero-order valence-electron chi connectivity index (χ0n) is 16.8. The number of hydrogen-bond acceptors (Lipinski definition) is 4. The molecular formula is C24H29FN2O2. The first kappa shape index (κ1) is 20.0. The molecule has 2 aliphatic rings. The van der Waals surface area contributed by atoms with Gasteiger partial charge in [0.25, 0.3) is 0 Å². The first-order valence-electron chi connectivity index (χ1n) is 10.6. The molecule has 5 heteroatoms. The highest BCUT2D eigenvalue weighted by molar-refractivity contribution is 5.96. The van der Waals surface area contributed by atoms with E-state index in [2.05, 4.69) is 10.2 Å². The van der Waals surface area contributed by atoms with Crippen molar-refractivity contribution in [2.45, 2.75) is 38.8 Å². The van der Waals surface area contributed by atoms with Crippen molar-refractivity contribution in [2.24, 2.45) is 5.92 Å². The van der Waals surface area contributed by atoms with Crippen LogP contribution in [0.25, 0.3) is 0 Å². The van der Waals surface area contributed by atoms with E-state index < -0.39 is 0 Å². The molecule has 1 N–H and O–H groups in total. The Bertz CT molecular complexity index is 849. The predicted molar refractivity (Wildman–Crippen MR) is 112 cm³/mol. The Morgan fingerprint density at radius 3 is 2.86 bits per heavy atom. The molecule has 2 heterocycles. The average molecular weight is 397 g/mol. The number of rotatable bonds is 6. The van der Waals surface area contributed by atoms with Crippen LogP contribution in [0.1, 0.15) is 47.2 Å². The molecule has 1 saturated heterocycles. The van der Waals surface area contributed by atoms with Crippen LogP contribution in [0, 0.1) is 11.7 Å². The number of nitrogens with one attached hydrogen (secondary N) is 1. The summed E-state index contributed by atoms with van der Waals surface area (Å²) in [4.78, 5) is 15.0. The molecule has 2 aromatic rings. The van der Waals surface area contributed by atoms with E-state index in [1.807, 2.05) is 24.3 Å². The molecule has 0 unspecified atom stereocenters. The number of Topliss-reactive ketones (excluding diaryl/α,β-unsaturated/α-hetero) is 1. The molecule has 0 atom stereocenters. The van der Waals surface area contributed by atoms with Crippen LogP contribution in [-0.2, 0) is 13.1 Å². The van der Waals surface area contributed by atoms with Crippen LogP contribution in [0.15, 0.2) is 42.5 Å². The molecule has 0 spiro atoms. The average Bonchev–Trinajstić information content (AvgIpc) is 2.93. The maximum Gasteiger partial charge on any atom is 0.162 e. The number of fused-ring (bicyclic) bond motifs is 1. The fourth-order valence-corrected chi connectivity index (χ4v) is 4.30. The lowest BCUT2D eigenvalue weighted by atomic mass is 9.91. The molecule has 0 aliphatic carbocycles. The second kappa shape index (κ2) is 9.51. The third-order valence-corrected chi connectivity index (χ3v) is 5.98. The topological polar surface area (TPSA) is 41.6 Å². The van der Waals surface area contributed by atoms with Crippen molar-refractivity contribution in [3.8, 4) is 5.75 Å². The van der Waals surface area contributed by atoms with Gasteiger partial charge >= 0.3 is 0 Å². The van der Waals surface area contributed by atoms with Crippen molar-refractivity contribution < 1.29 is 13.9 Å². The molecule has 29 heavy (non-hydrogen) atoms. The minimum absolute atomic E-state index is 0.212. The van der Waals surface area contributed by atoms with Gasteiger partial charge < -0.3 is 10.1 Å². The Labute approximate surface area is 172 Å². The number of benzene rings is 2. The van der Waals surface area contributed by atoms with Crippen LogP contribution in [0.5, 0.6) is 5.75 Å². The number of piperidine rings is 1. The maximum atomic E-state index is 13.5. The van der Waals surface area contributed by atoms with E-state index in [1.54, 1.807) is 12.1 Å². The fourth-order valence-electron chi connectivity index (χ4n) is 4.30. The summed E-state index contributed by atoms with van der Waals surface area (Å²) in [5.41, 5.74) is 2.75. The Balaban J connectivity index is 1.41.